The fraction of sp³-hybridized carbons (Fsp3) is 0.368. The van der Waals surface area contributed by atoms with Gasteiger partial charge in [-0.3, -0.25) is 9.08 Å². The summed E-state index contributed by atoms with van der Waals surface area (Å²) in [4.78, 5) is 7.04. The lowest BCUT2D eigenvalue weighted by Crippen LogP contribution is -2.26. The summed E-state index contributed by atoms with van der Waals surface area (Å²) in [5.74, 6) is 0.514. The summed E-state index contributed by atoms with van der Waals surface area (Å²) in [5.41, 5.74) is 2.54. The first-order valence-electron chi connectivity index (χ1n) is 9.25. The monoisotopic (exact) mass is 415 g/mol. The Bertz CT molecular complexity index is 1260. The van der Waals surface area contributed by atoms with E-state index in [2.05, 4.69) is 21.0 Å². The van der Waals surface area contributed by atoms with Gasteiger partial charge < -0.3 is 5.32 Å². The average Bonchev–Trinajstić information content (AvgIpc) is 3.32. The van der Waals surface area contributed by atoms with Crippen LogP contribution in [0.1, 0.15) is 24.5 Å². The van der Waals surface area contributed by atoms with Crippen LogP contribution in [-0.4, -0.2) is 46.9 Å². The molecule has 4 heterocycles. The van der Waals surface area contributed by atoms with E-state index in [0.717, 1.165) is 52.4 Å². The molecule has 1 fully saturated rings. The minimum Gasteiger partial charge on any atom is -0.317 e. The summed E-state index contributed by atoms with van der Waals surface area (Å²) in [7, 11) is -1.59. The highest BCUT2D eigenvalue weighted by atomic mass is 32.2. The Morgan fingerprint density at radius 1 is 1.18 bits per heavy atom. The highest BCUT2D eigenvalue weighted by Gasteiger charge is 2.21. The maximum absolute atomic E-state index is 12.3. The number of fused-ring (bicyclic) bond motifs is 2. The number of sulfone groups is 1. The van der Waals surface area contributed by atoms with Crippen LogP contribution < -0.4 is 5.32 Å². The number of thiazole rings is 1. The molecule has 9 heteroatoms. The number of nitrogens with one attached hydrogen (secondary N) is 1. The van der Waals surface area contributed by atoms with E-state index in [4.69, 9.17) is 4.98 Å². The van der Waals surface area contributed by atoms with Gasteiger partial charge in [-0.1, -0.05) is 11.3 Å². The van der Waals surface area contributed by atoms with Crippen LogP contribution in [0, 0.1) is 0 Å². The van der Waals surface area contributed by atoms with Gasteiger partial charge in [-0.25, -0.2) is 13.4 Å². The molecule has 0 amide bonds. The van der Waals surface area contributed by atoms with Crippen molar-refractivity contribution in [1.29, 1.82) is 0 Å². The van der Waals surface area contributed by atoms with E-state index in [1.165, 1.54) is 6.26 Å². The number of benzene rings is 1. The number of piperidine rings is 1. The molecule has 28 heavy (non-hydrogen) atoms. The van der Waals surface area contributed by atoms with E-state index in [0.29, 0.717) is 11.4 Å². The van der Waals surface area contributed by atoms with Crippen LogP contribution in [0.5, 0.6) is 0 Å². The molecule has 4 aromatic rings. The van der Waals surface area contributed by atoms with Crippen molar-refractivity contribution in [1.82, 2.24) is 24.5 Å². The van der Waals surface area contributed by atoms with Crippen LogP contribution in [0.4, 0.5) is 0 Å². The molecule has 0 aliphatic carbocycles. The molecule has 0 radical (unpaired) electrons. The van der Waals surface area contributed by atoms with Gasteiger partial charge in [0.25, 0.3) is 0 Å². The number of nitrogens with zero attached hydrogens (tertiary/aromatic N) is 4. The van der Waals surface area contributed by atoms with Crippen LogP contribution >= 0.6 is 11.3 Å². The van der Waals surface area contributed by atoms with Gasteiger partial charge in [0.1, 0.15) is 5.52 Å². The molecule has 0 bridgehead atoms. The van der Waals surface area contributed by atoms with E-state index in [1.807, 2.05) is 18.5 Å². The van der Waals surface area contributed by atoms with Gasteiger partial charge in [0.15, 0.2) is 14.8 Å². The first-order valence-corrected chi connectivity index (χ1v) is 12.0. The minimum absolute atomic E-state index is 0.266. The van der Waals surface area contributed by atoms with E-state index in [1.54, 1.807) is 29.1 Å². The third kappa shape index (κ3) is 3.03. The number of aryl methyl sites for hydroxylation is 1. The second kappa shape index (κ2) is 6.40. The van der Waals surface area contributed by atoms with E-state index >= 15 is 0 Å². The van der Waals surface area contributed by atoms with Crippen molar-refractivity contribution in [2.24, 2.45) is 7.05 Å². The zero-order valence-electron chi connectivity index (χ0n) is 15.7. The molecule has 0 unspecified atom stereocenters. The van der Waals surface area contributed by atoms with Gasteiger partial charge in [0.05, 0.1) is 15.5 Å². The second-order valence-corrected chi connectivity index (χ2v) is 10.5. The minimum atomic E-state index is -3.38. The van der Waals surface area contributed by atoms with Gasteiger partial charge in [-0.2, -0.15) is 5.10 Å². The molecule has 7 nitrogen and oxygen atoms in total. The third-order valence-corrected chi connectivity index (χ3v) is 7.46. The molecule has 3 aromatic heterocycles. The Morgan fingerprint density at radius 2 is 1.96 bits per heavy atom. The Balaban J connectivity index is 1.59. The van der Waals surface area contributed by atoms with Gasteiger partial charge >= 0.3 is 0 Å². The fourth-order valence-electron chi connectivity index (χ4n) is 3.91. The summed E-state index contributed by atoms with van der Waals surface area (Å²) in [5, 5.41) is 8.54. The highest BCUT2D eigenvalue weighted by molar-refractivity contribution is 7.91. The zero-order valence-corrected chi connectivity index (χ0v) is 17.3. The van der Waals surface area contributed by atoms with Crippen molar-refractivity contribution >= 4 is 37.0 Å². The normalized spacial score (nSPS) is 16.4. The summed E-state index contributed by atoms with van der Waals surface area (Å²) in [6.45, 7) is 2.08. The first-order chi connectivity index (χ1) is 13.4. The molecule has 0 spiro atoms. The quantitative estimate of drug-likeness (QED) is 0.556. The van der Waals surface area contributed by atoms with Gasteiger partial charge in [-0.15, -0.1) is 0 Å². The van der Waals surface area contributed by atoms with Crippen molar-refractivity contribution in [3.05, 3.63) is 36.4 Å². The number of imidazole rings is 1. The Kier molecular flexibility index (Phi) is 4.08. The van der Waals surface area contributed by atoms with Crippen molar-refractivity contribution in [2.75, 3.05) is 19.3 Å². The maximum atomic E-state index is 12.3. The van der Waals surface area contributed by atoms with Gasteiger partial charge in [0, 0.05) is 43.2 Å². The second-order valence-electron chi connectivity index (χ2n) is 7.46. The van der Waals surface area contributed by atoms with Crippen LogP contribution in [0.3, 0.4) is 0 Å². The summed E-state index contributed by atoms with van der Waals surface area (Å²) < 4.78 is 28.3. The lowest BCUT2D eigenvalue weighted by molar-refractivity contribution is 0.454. The summed E-state index contributed by atoms with van der Waals surface area (Å²) in [6, 6.07) is 3.72. The molecule has 0 saturated carbocycles. The maximum Gasteiger partial charge on any atom is 0.194 e. The van der Waals surface area contributed by atoms with Crippen LogP contribution in [0.2, 0.25) is 0 Å². The molecule has 0 atom stereocenters. The van der Waals surface area contributed by atoms with Crippen LogP contribution in [-0.2, 0) is 16.9 Å². The Morgan fingerprint density at radius 3 is 2.68 bits per heavy atom. The van der Waals surface area contributed by atoms with Gasteiger partial charge in [-0.05, 0) is 43.6 Å². The lowest BCUT2D eigenvalue weighted by Gasteiger charge is -2.20. The SMILES string of the molecule is Cn1cc2cc(-c3cn4cc(C5CCNCC5)nc4s3)cc(S(C)(=O)=O)c2n1. The molecule has 1 N–H and O–H groups in total. The smallest absolute Gasteiger partial charge is 0.194 e. The van der Waals surface area contributed by atoms with Crippen molar-refractivity contribution in [3.63, 3.8) is 0 Å². The van der Waals surface area contributed by atoms with Crippen LogP contribution in [0.25, 0.3) is 26.3 Å². The topological polar surface area (TPSA) is 81.3 Å². The first kappa shape index (κ1) is 17.8. The predicted molar refractivity (Wildman–Crippen MR) is 111 cm³/mol. The van der Waals surface area contributed by atoms with Crippen LogP contribution in [0.15, 0.2) is 35.6 Å². The summed E-state index contributed by atoms with van der Waals surface area (Å²) >= 11 is 1.58. The van der Waals surface area contributed by atoms with Gasteiger partial charge in [0.2, 0.25) is 0 Å². The molecular formula is C19H21N5O2S2. The fourth-order valence-corrected chi connectivity index (χ4v) is 5.72. The lowest BCUT2D eigenvalue weighted by atomic mass is 9.95. The van der Waals surface area contributed by atoms with Crippen molar-refractivity contribution in [2.45, 2.75) is 23.7 Å². The standard InChI is InChI=1S/C19H21N5O2S2/c1-23-9-14-7-13(8-17(18(14)22-23)28(2,25)26)16-11-24-10-15(21-19(24)27-16)12-3-5-20-6-4-12/h7-12,20H,3-6H2,1-2H3. The van der Waals surface area contributed by atoms with E-state index < -0.39 is 9.84 Å². The number of hydrogen-bond donors (Lipinski definition) is 1. The molecule has 1 aliphatic heterocycles. The Labute approximate surface area is 166 Å². The predicted octanol–water partition coefficient (Wildman–Crippen LogP) is 2.82. The largest absolute Gasteiger partial charge is 0.317 e. The number of hydrogen-bond acceptors (Lipinski definition) is 6. The molecule has 5 rings (SSSR count). The molecule has 1 aromatic carbocycles. The third-order valence-electron chi connectivity index (χ3n) is 5.30. The number of aromatic nitrogens is 4. The van der Waals surface area contributed by atoms with Crippen molar-refractivity contribution in [3.8, 4) is 10.4 Å². The summed E-state index contributed by atoms with van der Waals surface area (Å²) in [6.07, 6.45) is 9.47. The highest BCUT2D eigenvalue weighted by Crippen LogP contribution is 2.35. The molecule has 1 aliphatic rings. The molecule has 1 saturated heterocycles. The average molecular weight is 416 g/mol. The van der Waals surface area contributed by atoms with Crippen molar-refractivity contribution < 1.29 is 8.42 Å². The Hall–Kier alpha value is -2.23. The number of rotatable bonds is 3. The van der Waals surface area contributed by atoms with E-state index in [-0.39, 0.29) is 4.90 Å². The molecular weight excluding hydrogens is 394 g/mol. The van der Waals surface area contributed by atoms with E-state index in [9.17, 15) is 8.42 Å². The zero-order chi connectivity index (χ0) is 19.5. The molecule has 146 valence electrons.